The molecular formula is C14H19Br2N3O3S. The number of carbonyl (C=O) groups excluding carboxylic acids is 1. The number of halogens is 2. The topological polar surface area (TPSA) is 78.5 Å². The Morgan fingerprint density at radius 2 is 1.96 bits per heavy atom. The molecule has 0 bridgehead atoms. The van der Waals surface area contributed by atoms with Gasteiger partial charge in [0.15, 0.2) is 0 Å². The molecule has 1 aliphatic rings. The average Bonchev–Trinajstić information content (AvgIpc) is 2.48. The van der Waals surface area contributed by atoms with Crippen molar-refractivity contribution in [2.75, 3.05) is 26.7 Å². The zero-order chi connectivity index (χ0) is 17.0. The van der Waals surface area contributed by atoms with Gasteiger partial charge in [0.2, 0.25) is 15.9 Å². The fourth-order valence-corrected chi connectivity index (χ4v) is 5.52. The van der Waals surface area contributed by atoms with Gasteiger partial charge >= 0.3 is 0 Å². The molecule has 6 nitrogen and oxygen atoms in total. The van der Waals surface area contributed by atoms with Crippen LogP contribution in [0, 0.1) is 0 Å². The van der Waals surface area contributed by atoms with Crippen LogP contribution >= 0.6 is 31.9 Å². The lowest BCUT2D eigenvalue weighted by Gasteiger charge is -2.31. The number of benzene rings is 1. The highest BCUT2D eigenvalue weighted by atomic mass is 79.9. The Labute approximate surface area is 153 Å². The highest BCUT2D eigenvalue weighted by Crippen LogP contribution is 2.26. The maximum Gasteiger partial charge on any atom is 0.241 e. The van der Waals surface area contributed by atoms with Crippen molar-refractivity contribution in [3.8, 4) is 0 Å². The number of carbonyl (C=O) groups is 1. The van der Waals surface area contributed by atoms with Gasteiger partial charge in [-0.2, -0.15) is 0 Å². The molecule has 1 aliphatic heterocycles. The van der Waals surface area contributed by atoms with Crippen molar-refractivity contribution in [3.05, 3.63) is 27.1 Å². The molecule has 2 rings (SSSR count). The van der Waals surface area contributed by atoms with Crippen LogP contribution in [0.1, 0.15) is 12.8 Å². The van der Waals surface area contributed by atoms with Gasteiger partial charge in [-0.15, -0.1) is 0 Å². The number of rotatable bonds is 5. The first-order valence-electron chi connectivity index (χ1n) is 7.22. The van der Waals surface area contributed by atoms with E-state index in [0.717, 1.165) is 4.47 Å². The predicted molar refractivity (Wildman–Crippen MR) is 95.7 cm³/mol. The van der Waals surface area contributed by atoms with Gasteiger partial charge in [0.05, 0.1) is 11.4 Å². The average molecular weight is 469 g/mol. The van der Waals surface area contributed by atoms with Gasteiger partial charge in [0.25, 0.3) is 0 Å². The van der Waals surface area contributed by atoms with Gasteiger partial charge in [-0.05, 0) is 47.0 Å². The van der Waals surface area contributed by atoms with Crippen LogP contribution < -0.4 is 10.0 Å². The number of nitrogens with zero attached hydrogens (tertiary/aromatic N) is 1. The molecule has 1 heterocycles. The number of likely N-dealkylation sites (N-methyl/N-ethyl adjacent to an activating group) is 1. The van der Waals surface area contributed by atoms with Crippen molar-refractivity contribution in [2.24, 2.45) is 0 Å². The lowest BCUT2D eigenvalue weighted by atomic mass is 10.1. The van der Waals surface area contributed by atoms with Gasteiger partial charge in [-0.1, -0.05) is 15.9 Å². The minimum Gasteiger partial charge on any atom is -0.358 e. The van der Waals surface area contributed by atoms with Crippen LogP contribution in [0.15, 0.2) is 32.0 Å². The minimum atomic E-state index is -3.57. The second kappa shape index (κ2) is 8.06. The molecule has 0 unspecified atom stereocenters. The highest BCUT2D eigenvalue weighted by Gasteiger charge is 2.26. The molecule has 0 aromatic heterocycles. The van der Waals surface area contributed by atoms with Gasteiger partial charge < -0.3 is 5.32 Å². The largest absolute Gasteiger partial charge is 0.358 e. The molecule has 23 heavy (non-hydrogen) atoms. The van der Waals surface area contributed by atoms with Crippen LogP contribution in [0.3, 0.4) is 0 Å². The van der Waals surface area contributed by atoms with Crippen LogP contribution in [-0.2, 0) is 14.8 Å². The zero-order valence-electron chi connectivity index (χ0n) is 12.7. The van der Waals surface area contributed by atoms with Crippen molar-refractivity contribution in [1.82, 2.24) is 14.9 Å². The molecular weight excluding hydrogens is 450 g/mol. The van der Waals surface area contributed by atoms with E-state index in [1.54, 1.807) is 25.2 Å². The van der Waals surface area contributed by atoms with Gasteiger partial charge in [0.1, 0.15) is 0 Å². The summed E-state index contributed by atoms with van der Waals surface area (Å²) in [7, 11) is -1.96. The van der Waals surface area contributed by atoms with Crippen LogP contribution in [-0.4, -0.2) is 51.9 Å². The zero-order valence-corrected chi connectivity index (χ0v) is 16.7. The van der Waals surface area contributed by atoms with Crippen LogP contribution in [0.5, 0.6) is 0 Å². The summed E-state index contributed by atoms with van der Waals surface area (Å²) in [6, 6.07) is 4.86. The van der Waals surface area contributed by atoms with E-state index in [4.69, 9.17) is 0 Å². The molecule has 1 amide bonds. The first kappa shape index (κ1) is 18.9. The van der Waals surface area contributed by atoms with Gasteiger partial charge in [0, 0.05) is 35.1 Å². The number of hydrogen-bond acceptors (Lipinski definition) is 4. The van der Waals surface area contributed by atoms with Gasteiger partial charge in [-0.3, -0.25) is 9.69 Å². The Morgan fingerprint density at radius 3 is 2.52 bits per heavy atom. The second-order valence-electron chi connectivity index (χ2n) is 5.42. The van der Waals surface area contributed by atoms with E-state index >= 15 is 0 Å². The summed E-state index contributed by atoms with van der Waals surface area (Å²) in [5, 5.41) is 2.59. The molecule has 128 valence electrons. The van der Waals surface area contributed by atoms with Crippen LogP contribution in [0.2, 0.25) is 0 Å². The van der Waals surface area contributed by atoms with E-state index in [-0.39, 0.29) is 16.8 Å². The fourth-order valence-electron chi connectivity index (χ4n) is 2.47. The lowest BCUT2D eigenvalue weighted by molar-refractivity contribution is -0.122. The summed E-state index contributed by atoms with van der Waals surface area (Å²) in [6.45, 7) is 1.75. The van der Waals surface area contributed by atoms with Crippen molar-refractivity contribution < 1.29 is 13.2 Å². The maximum absolute atomic E-state index is 12.5. The number of sulfonamides is 1. The fraction of sp³-hybridized carbons (Fsp3) is 0.500. The Hall–Kier alpha value is -0.480. The first-order chi connectivity index (χ1) is 10.8. The maximum atomic E-state index is 12.5. The normalized spacial score (nSPS) is 17.2. The molecule has 0 atom stereocenters. The molecule has 0 aliphatic carbocycles. The Balaban J connectivity index is 1.96. The van der Waals surface area contributed by atoms with Crippen LogP contribution in [0.4, 0.5) is 0 Å². The predicted octanol–water partition coefficient (Wildman–Crippen LogP) is 1.70. The van der Waals surface area contributed by atoms with Crippen LogP contribution in [0.25, 0.3) is 0 Å². The Bertz CT molecular complexity index is 674. The van der Waals surface area contributed by atoms with Crippen molar-refractivity contribution in [3.63, 3.8) is 0 Å². The quantitative estimate of drug-likeness (QED) is 0.689. The Kier molecular flexibility index (Phi) is 6.61. The lowest BCUT2D eigenvalue weighted by Crippen LogP contribution is -2.47. The standard InChI is InChI=1S/C14H19Br2N3O3S/c1-17-14(20)9-19-6-4-11(5-7-19)18-23(21,22)13-3-2-10(15)8-12(13)16/h2-3,8,11,18H,4-7,9H2,1H3,(H,17,20). The summed E-state index contributed by atoms with van der Waals surface area (Å²) in [5.74, 6) is -0.0252. The van der Waals surface area contributed by atoms with E-state index in [1.807, 2.05) is 4.90 Å². The number of nitrogens with one attached hydrogen (secondary N) is 2. The molecule has 0 spiro atoms. The summed E-state index contributed by atoms with van der Waals surface area (Å²) >= 11 is 6.60. The van der Waals surface area contributed by atoms with Crippen molar-refractivity contribution in [2.45, 2.75) is 23.8 Å². The number of piperidine rings is 1. The van der Waals surface area contributed by atoms with E-state index < -0.39 is 10.0 Å². The van der Waals surface area contributed by atoms with Crippen molar-refractivity contribution >= 4 is 47.8 Å². The van der Waals surface area contributed by atoms with Gasteiger partial charge in [-0.25, -0.2) is 13.1 Å². The first-order valence-corrected chi connectivity index (χ1v) is 10.3. The molecule has 1 fully saturated rings. The molecule has 0 radical (unpaired) electrons. The summed E-state index contributed by atoms with van der Waals surface area (Å²) < 4.78 is 29.1. The smallest absolute Gasteiger partial charge is 0.241 e. The van der Waals surface area contributed by atoms with E-state index in [0.29, 0.717) is 36.9 Å². The van der Waals surface area contributed by atoms with E-state index in [2.05, 4.69) is 41.9 Å². The monoisotopic (exact) mass is 467 g/mol. The Morgan fingerprint density at radius 1 is 1.30 bits per heavy atom. The number of hydrogen-bond donors (Lipinski definition) is 2. The number of amides is 1. The second-order valence-corrected chi connectivity index (χ2v) is 8.87. The molecule has 9 heteroatoms. The molecule has 1 aromatic carbocycles. The number of likely N-dealkylation sites (tertiary alicyclic amines) is 1. The van der Waals surface area contributed by atoms with E-state index in [1.165, 1.54) is 0 Å². The minimum absolute atomic E-state index is 0.0252. The molecule has 1 aromatic rings. The third-order valence-corrected chi connectivity index (χ3v) is 6.73. The molecule has 0 saturated carbocycles. The van der Waals surface area contributed by atoms with E-state index in [9.17, 15) is 13.2 Å². The summed E-state index contributed by atoms with van der Waals surface area (Å²) in [4.78, 5) is 13.6. The SMILES string of the molecule is CNC(=O)CN1CCC(NS(=O)(=O)c2ccc(Br)cc2Br)CC1. The van der Waals surface area contributed by atoms with Crippen molar-refractivity contribution in [1.29, 1.82) is 0 Å². The molecule has 2 N–H and O–H groups in total. The molecule has 1 saturated heterocycles. The third kappa shape index (κ3) is 5.25. The summed E-state index contributed by atoms with van der Waals surface area (Å²) in [5.41, 5.74) is 0. The summed E-state index contributed by atoms with van der Waals surface area (Å²) in [6.07, 6.45) is 1.37. The third-order valence-electron chi connectivity index (χ3n) is 3.74. The highest BCUT2D eigenvalue weighted by molar-refractivity contribution is 9.11.